The van der Waals surface area contributed by atoms with Crippen LogP contribution in [0.5, 0.6) is 0 Å². The van der Waals surface area contributed by atoms with Gasteiger partial charge in [-0.15, -0.1) is 0 Å². The fourth-order valence-corrected chi connectivity index (χ4v) is 5.71. The second-order valence-corrected chi connectivity index (χ2v) is 6.68. The van der Waals surface area contributed by atoms with E-state index in [4.69, 9.17) is 0 Å². The Morgan fingerprint density at radius 3 is 2.75 bits per heavy atom. The summed E-state index contributed by atoms with van der Waals surface area (Å²) >= 11 is 0. The maximum atomic E-state index is 10.7. The zero-order chi connectivity index (χ0) is 10.9. The monoisotopic (exact) mass is 214 g/mol. The molecule has 0 N–H and O–H groups in total. The van der Waals surface area contributed by atoms with Gasteiger partial charge in [-0.3, -0.25) is 0 Å². The first-order valence-corrected chi connectivity index (χ1v) is 6.63. The van der Waals surface area contributed by atoms with Gasteiger partial charge in [0.2, 0.25) is 0 Å². The zero-order valence-electron chi connectivity index (χ0n) is 9.73. The molecule has 0 spiro atoms. The molecule has 1 nitrogen and oxygen atoms in total. The van der Waals surface area contributed by atoms with E-state index in [-0.39, 0.29) is 5.41 Å². The van der Waals surface area contributed by atoms with E-state index in [2.05, 4.69) is 25.0 Å². The van der Waals surface area contributed by atoms with Crippen molar-refractivity contribution in [1.82, 2.24) is 0 Å². The quantitative estimate of drug-likeness (QED) is 0.372. The highest BCUT2D eigenvalue weighted by atomic mass is 16.1. The number of hydrogen-bond acceptors (Lipinski definition) is 1. The van der Waals surface area contributed by atoms with Crippen LogP contribution in [0, 0.1) is 40.9 Å². The van der Waals surface area contributed by atoms with Crippen LogP contribution in [0.15, 0.2) is 18.2 Å². The van der Waals surface area contributed by atoms with Crippen molar-refractivity contribution in [2.45, 2.75) is 26.2 Å². The van der Waals surface area contributed by atoms with Gasteiger partial charge in [0.15, 0.2) is 0 Å². The van der Waals surface area contributed by atoms with Crippen LogP contribution in [0.25, 0.3) is 0 Å². The first-order valence-electron chi connectivity index (χ1n) is 6.63. The number of carbonyl (C=O) groups excluding carboxylic acids is 1. The normalized spacial score (nSPS) is 60.1. The van der Waals surface area contributed by atoms with E-state index in [1.54, 1.807) is 0 Å². The van der Waals surface area contributed by atoms with Crippen LogP contribution in [0.1, 0.15) is 26.2 Å². The number of rotatable bonds is 1. The minimum atomic E-state index is 0.173. The lowest BCUT2D eigenvalue weighted by Crippen LogP contribution is -2.36. The molecule has 4 aliphatic carbocycles. The second-order valence-electron chi connectivity index (χ2n) is 6.68. The van der Waals surface area contributed by atoms with E-state index in [0.29, 0.717) is 0 Å². The average Bonchev–Trinajstić information content (AvgIpc) is 2.91. The third kappa shape index (κ3) is 0.880. The number of allylic oxidation sites excluding steroid dienone is 3. The van der Waals surface area contributed by atoms with Gasteiger partial charge in [-0.2, -0.15) is 0 Å². The highest BCUT2D eigenvalue weighted by Gasteiger charge is 2.63. The van der Waals surface area contributed by atoms with E-state index in [0.717, 1.165) is 35.5 Å². The standard InChI is InChI=1S/C15H18O/c1-15(4-5-16)8-11-7-12(15)14-10-3-2-9(6-10)13(11)14/h2-4,9-14H,6-8H2,1H3. The summed E-state index contributed by atoms with van der Waals surface area (Å²) < 4.78 is 0. The third-order valence-electron chi connectivity index (χ3n) is 6.09. The minimum absolute atomic E-state index is 0.173. The molecule has 3 saturated carbocycles. The summed E-state index contributed by atoms with van der Waals surface area (Å²) in [7, 11) is 0. The van der Waals surface area contributed by atoms with Gasteiger partial charge in [0, 0.05) is 6.08 Å². The Balaban J connectivity index is 1.75. The molecular weight excluding hydrogens is 196 g/mol. The highest BCUT2D eigenvalue weighted by molar-refractivity contribution is 5.48. The number of fused-ring (bicyclic) bond motifs is 9. The summed E-state index contributed by atoms with van der Waals surface area (Å²) in [5.41, 5.74) is 0.173. The largest absolute Gasteiger partial charge is 0.234 e. The summed E-state index contributed by atoms with van der Waals surface area (Å²) in [5.74, 6) is 7.31. The van der Waals surface area contributed by atoms with Crippen molar-refractivity contribution in [3.8, 4) is 0 Å². The molecule has 0 saturated heterocycles. The Labute approximate surface area is 96.6 Å². The Morgan fingerprint density at radius 1 is 1.25 bits per heavy atom. The SMILES string of the molecule is CC1(C=C=O)CC2CC1C1C3C=CC(C3)C21. The van der Waals surface area contributed by atoms with Crippen LogP contribution in [-0.2, 0) is 4.79 Å². The van der Waals surface area contributed by atoms with Crippen molar-refractivity contribution in [3.63, 3.8) is 0 Å². The minimum Gasteiger partial charge on any atom is -0.234 e. The van der Waals surface area contributed by atoms with E-state index >= 15 is 0 Å². The molecule has 4 bridgehead atoms. The summed E-state index contributed by atoms with van der Waals surface area (Å²) in [6, 6.07) is 0. The molecule has 1 heteroatoms. The summed E-state index contributed by atoms with van der Waals surface area (Å²) in [5, 5.41) is 0. The fraction of sp³-hybridized carbons (Fsp3) is 0.733. The molecule has 3 fully saturated rings. The van der Waals surface area contributed by atoms with Crippen molar-refractivity contribution >= 4 is 5.94 Å². The smallest absolute Gasteiger partial charge is 0.120 e. The Morgan fingerprint density at radius 2 is 2.00 bits per heavy atom. The van der Waals surface area contributed by atoms with E-state index < -0.39 is 0 Å². The fourth-order valence-electron chi connectivity index (χ4n) is 5.71. The van der Waals surface area contributed by atoms with Crippen LogP contribution >= 0.6 is 0 Å². The second kappa shape index (κ2) is 2.71. The predicted molar refractivity (Wildman–Crippen MR) is 62.3 cm³/mol. The summed E-state index contributed by atoms with van der Waals surface area (Å²) in [6.07, 6.45) is 10.8. The van der Waals surface area contributed by atoms with Crippen molar-refractivity contribution in [2.75, 3.05) is 0 Å². The molecule has 0 radical (unpaired) electrons. The van der Waals surface area contributed by atoms with Gasteiger partial charge in [0.1, 0.15) is 5.94 Å². The predicted octanol–water partition coefficient (Wildman–Crippen LogP) is 2.86. The van der Waals surface area contributed by atoms with Gasteiger partial charge >= 0.3 is 0 Å². The molecule has 4 aliphatic rings. The van der Waals surface area contributed by atoms with Gasteiger partial charge in [-0.1, -0.05) is 19.1 Å². The van der Waals surface area contributed by atoms with Crippen LogP contribution < -0.4 is 0 Å². The Hall–Kier alpha value is -0.810. The van der Waals surface area contributed by atoms with Gasteiger partial charge in [-0.25, -0.2) is 4.79 Å². The van der Waals surface area contributed by atoms with Crippen LogP contribution in [-0.4, -0.2) is 5.94 Å². The molecule has 7 atom stereocenters. The molecule has 0 aromatic heterocycles. The number of hydrogen-bond donors (Lipinski definition) is 0. The van der Waals surface area contributed by atoms with Gasteiger partial charge < -0.3 is 0 Å². The molecule has 0 amide bonds. The Bertz CT molecular complexity index is 417. The van der Waals surface area contributed by atoms with Gasteiger partial charge in [0.05, 0.1) is 0 Å². The van der Waals surface area contributed by atoms with Crippen LogP contribution in [0.4, 0.5) is 0 Å². The zero-order valence-corrected chi connectivity index (χ0v) is 9.73. The van der Waals surface area contributed by atoms with E-state index in [1.165, 1.54) is 19.3 Å². The lowest BCUT2D eigenvalue weighted by atomic mass is 9.63. The lowest BCUT2D eigenvalue weighted by Gasteiger charge is -2.41. The molecule has 0 aliphatic heterocycles. The molecule has 7 unspecified atom stereocenters. The molecule has 4 rings (SSSR count). The first-order chi connectivity index (χ1) is 7.73. The van der Waals surface area contributed by atoms with Gasteiger partial charge in [-0.05, 0) is 60.2 Å². The summed E-state index contributed by atoms with van der Waals surface area (Å²) in [4.78, 5) is 10.7. The molecular formula is C15H18O. The molecule has 16 heavy (non-hydrogen) atoms. The molecule has 84 valence electrons. The topological polar surface area (TPSA) is 17.1 Å². The van der Waals surface area contributed by atoms with Crippen molar-refractivity contribution < 1.29 is 4.79 Å². The van der Waals surface area contributed by atoms with Gasteiger partial charge in [0.25, 0.3) is 0 Å². The van der Waals surface area contributed by atoms with Crippen molar-refractivity contribution in [1.29, 1.82) is 0 Å². The van der Waals surface area contributed by atoms with Crippen LogP contribution in [0.2, 0.25) is 0 Å². The lowest BCUT2D eigenvalue weighted by molar-refractivity contribution is 0.112. The first kappa shape index (κ1) is 9.24. The van der Waals surface area contributed by atoms with E-state index in [9.17, 15) is 4.79 Å². The molecule has 0 heterocycles. The van der Waals surface area contributed by atoms with Crippen molar-refractivity contribution in [3.05, 3.63) is 18.2 Å². The van der Waals surface area contributed by atoms with Crippen molar-refractivity contribution in [2.24, 2.45) is 40.9 Å². The maximum absolute atomic E-state index is 10.7. The van der Waals surface area contributed by atoms with E-state index in [1.807, 2.05) is 6.08 Å². The highest BCUT2D eigenvalue weighted by Crippen LogP contribution is 2.70. The summed E-state index contributed by atoms with van der Waals surface area (Å²) in [6.45, 7) is 2.29. The third-order valence-corrected chi connectivity index (χ3v) is 6.09. The maximum Gasteiger partial charge on any atom is 0.120 e. The molecule has 0 aromatic carbocycles. The Kier molecular flexibility index (Phi) is 1.56. The van der Waals surface area contributed by atoms with Crippen LogP contribution in [0.3, 0.4) is 0 Å². The molecule has 0 aromatic rings. The average molecular weight is 214 g/mol.